The van der Waals surface area contributed by atoms with Crippen LogP contribution in [0.25, 0.3) is 0 Å². The zero-order chi connectivity index (χ0) is 23.1. The molecule has 0 spiro atoms. The summed E-state index contributed by atoms with van der Waals surface area (Å²) >= 11 is 0. The van der Waals surface area contributed by atoms with Crippen molar-refractivity contribution in [1.29, 1.82) is 0 Å². The number of hydrazine groups is 1. The number of ether oxygens (including phenoxy) is 3. The topological polar surface area (TPSA) is 150 Å². The summed E-state index contributed by atoms with van der Waals surface area (Å²) < 4.78 is 29.3. The molecule has 1 fully saturated rings. The summed E-state index contributed by atoms with van der Waals surface area (Å²) in [6, 6.07) is 5.75. The zero-order valence-corrected chi connectivity index (χ0v) is 17.9. The number of nitrogens with two attached hydrogens (primary N) is 2. The molecule has 1 saturated heterocycles. The molecule has 1 aliphatic rings. The molecule has 0 saturated carbocycles. The lowest BCUT2D eigenvalue weighted by atomic mass is 10.2. The van der Waals surface area contributed by atoms with Crippen molar-refractivity contribution >= 4 is 11.7 Å². The van der Waals surface area contributed by atoms with Gasteiger partial charge in [-0.2, -0.15) is 0 Å². The van der Waals surface area contributed by atoms with Crippen LogP contribution in [0, 0.1) is 12.7 Å². The van der Waals surface area contributed by atoms with E-state index in [1.165, 1.54) is 25.3 Å². The van der Waals surface area contributed by atoms with Gasteiger partial charge in [0.1, 0.15) is 23.3 Å². The van der Waals surface area contributed by atoms with Crippen molar-refractivity contribution in [3.63, 3.8) is 0 Å². The number of methoxy groups -OCH3 is 1. The second kappa shape index (κ2) is 10.8. The molecular weight excluding hydrogens is 421 g/mol. The van der Waals surface area contributed by atoms with Gasteiger partial charge in [0.15, 0.2) is 17.4 Å². The van der Waals surface area contributed by atoms with E-state index in [1.807, 2.05) is 0 Å². The minimum Gasteiger partial charge on any atom is -0.494 e. The van der Waals surface area contributed by atoms with Crippen molar-refractivity contribution in [1.82, 2.24) is 20.4 Å². The van der Waals surface area contributed by atoms with Crippen LogP contribution in [0.15, 0.2) is 29.4 Å². The molecule has 32 heavy (non-hydrogen) atoms. The van der Waals surface area contributed by atoms with Gasteiger partial charge in [0, 0.05) is 6.54 Å². The first-order valence-corrected chi connectivity index (χ1v) is 9.88. The Labute approximate surface area is 184 Å². The third kappa shape index (κ3) is 6.33. The van der Waals surface area contributed by atoms with Crippen molar-refractivity contribution in [3.8, 4) is 5.75 Å². The molecule has 0 unspecified atom stereocenters. The monoisotopic (exact) mass is 447 g/mol. The molecule has 5 N–H and O–H groups in total. The Morgan fingerprint density at radius 1 is 1.34 bits per heavy atom. The molecule has 1 atom stereocenters. The number of nitrogens with one attached hydrogen (secondary N) is 1. The maximum atomic E-state index is 13.5. The lowest BCUT2D eigenvalue weighted by Gasteiger charge is -2.25. The highest BCUT2D eigenvalue weighted by molar-refractivity contribution is 5.99. The number of amides is 1. The minimum atomic E-state index is -0.482. The number of rotatable bonds is 8. The number of aromatic nitrogens is 2. The number of aryl methyl sites for hydroxylation is 1. The molecule has 12 heteroatoms. The fourth-order valence-electron chi connectivity index (χ4n) is 2.98. The molecule has 0 aliphatic carbocycles. The fourth-order valence-corrected chi connectivity index (χ4v) is 2.98. The van der Waals surface area contributed by atoms with E-state index in [4.69, 9.17) is 25.8 Å². The fraction of sp³-hybridized carbons (Fsp3) is 0.400. The van der Waals surface area contributed by atoms with Gasteiger partial charge in [-0.15, -0.1) is 5.10 Å². The molecule has 1 amide bonds. The number of carbonyl (C=O) groups excluding carboxylic acids is 1. The third-order valence-corrected chi connectivity index (χ3v) is 4.51. The Hall–Kier alpha value is -3.35. The van der Waals surface area contributed by atoms with Crippen LogP contribution in [-0.4, -0.2) is 66.4 Å². The largest absolute Gasteiger partial charge is 0.494 e. The Morgan fingerprint density at radius 2 is 2.12 bits per heavy atom. The molecule has 1 aliphatic heterocycles. The van der Waals surface area contributed by atoms with Gasteiger partial charge in [0.25, 0.3) is 5.91 Å². The van der Waals surface area contributed by atoms with Crippen molar-refractivity contribution in [2.75, 3.05) is 33.5 Å². The molecule has 2 aromatic rings. The number of halogens is 1. The SMILES string of the molecule is COc1cc(CNC(=O)c2cc(/C(N)=N/N(N)C[C@@H]3COCCO3)nc(C)n2)ccc1F. The number of hydrazone groups is 1. The van der Waals surface area contributed by atoms with Crippen LogP contribution in [0.4, 0.5) is 4.39 Å². The van der Waals surface area contributed by atoms with Gasteiger partial charge in [0.05, 0.1) is 33.5 Å². The summed E-state index contributed by atoms with van der Waals surface area (Å²) in [6.07, 6.45) is -0.219. The summed E-state index contributed by atoms with van der Waals surface area (Å²) in [4.78, 5) is 21.0. The first-order chi connectivity index (χ1) is 15.4. The van der Waals surface area contributed by atoms with Gasteiger partial charge in [-0.05, 0) is 30.7 Å². The van der Waals surface area contributed by atoms with Gasteiger partial charge in [-0.1, -0.05) is 6.07 Å². The van der Waals surface area contributed by atoms with E-state index in [2.05, 4.69) is 20.4 Å². The lowest BCUT2D eigenvalue weighted by molar-refractivity contribution is -0.0976. The Balaban J connectivity index is 1.66. The zero-order valence-electron chi connectivity index (χ0n) is 17.9. The van der Waals surface area contributed by atoms with E-state index >= 15 is 0 Å². The summed E-state index contributed by atoms with van der Waals surface area (Å²) in [5.41, 5.74) is 7.05. The molecule has 1 aromatic carbocycles. The Bertz CT molecular complexity index is 982. The van der Waals surface area contributed by atoms with Gasteiger partial charge in [-0.3, -0.25) is 4.79 Å². The molecule has 0 radical (unpaired) electrons. The van der Waals surface area contributed by atoms with Gasteiger partial charge in [-0.25, -0.2) is 25.3 Å². The predicted octanol–water partition coefficient (Wildman–Crippen LogP) is 0.0741. The summed E-state index contributed by atoms with van der Waals surface area (Å²) in [7, 11) is 1.37. The third-order valence-electron chi connectivity index (χ3n) is 4.51. The van der Waals surface area contributed by atoms with Gasteiger partial charge >= 0.3 is 0 Å². The van der Waals surface area contributed by atoms with Crippen LogP contribution >= 0.6 is 0 Å². The van der Waals surface area contributed by atoms with Crippen LogP contribution in [0.5, 0.6) is 5.75 Å². The van der Waals surface area contributed by atoms with Crippen molar-refractivity contribution < 1.29 is 23.4 Å². The lowest BCUT2D eigenvalue weighted by Crippen LogP contribution is -2.41. The normalized spacial score (nSPS) is 16.5. The summed E-state index contributed by atoms with van der Waals surface area (Å²) in [5.74, 6) is 5.41. The van der Waals surface area contributed by atoms with Crippen molar-refractivity contribution in [3.05, 3.63) is 52.9 Å². The molecule has 0 bridgehead atoms. The maximum absolute atomic E-state index is 13.5. The smallest absolute Gasteiger partial charge is 0.270 e. The van der Waals surface area contributed by atoms with Crippen LogP contribution in [0.2, 0.25) is 0 Å². The van der Waals surface area contributed by atoms with Crippen molar-refractivity contribution in [2.45, 2.75) is 19.6 Å². The van der Waals surface area contributed by atoms with Gasteiger partial charge in [0.2, 0.25) is 0 Å². The maximum Gasteiger partial charge on any atom is 0.270 e. The average molecular weight is 447 g/mol. The van der Waals surface area contributed by atoms with Crippen LogP contribution in [-0.2, 0) is 16.0 Å². The second-order valence-corrected chi connectivity index (χ2v) is 7.01. The van der Waals surface area contributed by atoms with E-state index < -0.39 is 11.7 Å². The highest BCUT2D eigenvalue weighted by atomic mass is 19.1. The van der Waals surface area contributed by atoms with Crippen LogP contribution in [0.1, 0.15) is 27.6 Å². The Kier molecular flexibility index (Phi) is 7.87. The average Bonchev–Trinajstić information content (AvgIpc) is 2.78. The van der Waals surface area contributed by atoms with E-state index in [1.54, 1.807) is 13.0 Å². The van der Waals surface area contributed by atoms with E-state index in [0.717, 1.165) is 5.12 Å². The number of carbonyl (C=O) groups is 1. The predicted molar refractivity (Wildman–Crippen MR) is 113 cm³/mol. The van der Waals surface area contributed by atoms with Crippen LogP contribution in [0.3, 0.4) is 0 Å². The van der Waals surface area contributed by atoms with E-state index in [-0.39, 0.29) is 42.2 Å². The molecule has 172 valence electrons. The summed E-state index contributed by atoms with van der Waals surface area (Å²) in [6.45, 7) is 3.51. The quantitative estimate of drug-likeness (QED) is 0.221. The van der Waals surface area contributed by atoms with Crippen molar-refractivity contribution in [2.24, 2.45) is 16.7 Å². The molecule has 11 nitrogen and oxygen atoms in total. The number of hydrogen-bond donors (Lipinski definition) is 3. The highest BCUT2D eigenvalue weighted by Crippen LogP contribution is 2.18. The summed E-state index contributed by atoms with van der Waals surface area (Å²) in [5, 5.41) is 7.97. The molecular formula is C20H26FN7O4. The Morgan fingerprint density at radius 3 is 2.84 bits per heavy atom. The first-order valence-electron chi connectivity index (χ1n) is 9.88. The van der Waals surface area contributed by atoms with E-state index in [9.17, 15) is 9.18 Å². The molecule has 1 aromatic heterocycles. The number of nitrogens with zero attached hydrogens (tertiary/aromatic N) is 4. The standard InChI is InChI=1S/C20H26FN7O4/c1-12-25-16(19(22)27-28(23)10-14-11-31-5-6-32-14)8-17(26-12)20(29)24-9-13-3-4-15(21)18(7-13)30-2/h3-4,7-8,14H,5-6,9-11,23H2,1-2H3,(H2,22,27)(H,24,29)/t14-/m1/s1. The minimum absolute atomic E-state index is 0.0204. The molecule has 3 rings (SSSR count). The van der Waals surface area contributed by atoms with E-state index in [0.29, 0.717) is 31.2 Å². The number of benzene rings is 1. The first kappa shape index (κ1) is 23.3. The van der Waals surface area contributed by atoms with Crippen LogP contribution < -0.4 is 21.6 Å². The molecule has 2 heterocycles. The number of hydrogen-bond acceptors (Lipinski definition) is 9. The second-order valence-electron chi connectivity index (χ2n) is 7.01. The highest BCUT2D eigenvalue weighted by Gasteiger charge is 2.18. The van der Waals surface area contributed by atoms with Gasteiger partial charge < -0.3 is 25.3 Å². The number of amidine groups is 1.